The van der Waals surface area contributed by atoms with Gasteiger partial charge in [0, 0.05) is 31.1 Å². The van der Waals surface area contributed by atoms with E-state index in [1.165, 1.54) is 13.2 Å². The van der Waals surface area contributed by atoms with Crippen molar-refractivity contribution < 1.29 is 13.9 Å². The number of fused-ring (bicyclic) bond motifs is 1. The molecule has 3 aromatic rings. The van der Waals surface area contributed by atoms with Gasteiger partial charge in [-0.25, -0.2) is 4.39 Å². The van der Waals surface area contributed by atoms with E-state index >= 15 is 0 Å². The Balaban J connectivity index is 1.35. The molecule has 162 valence electrons. The second-order valence-electron chi connectivity index (χ2n) is 8.31. The molecule has 2 aromatic carbocycles. The van der Waals surface area contributed by atoms with Crippen molar-refractivity contribution in [2.45, 2.75) is 39.3 Å². The van der Waals surface area contributed by atoms with Crippen LogP contribution >= 0.6 is 0 Å². The van der Waals surface area contributed by atoms with Crippen molar-refractivity contribution in [3.05, 3.63) is 70.7 Å². The number of aromatic nitrogens is 1. The van der Waals surface area contributed by atoms with Gasteiger partial charge in [0.05, 0.1) is 23.9 Å². The van der Waals surface area contributed by atoms with Crippen molar-refractivity contribution in [2.75, 3.05) is 20.2 Å². The van der Waals surface area contributed by atoms with Gasteiger partial charge < -0.3 is 10.1 Å². The van der Waals surface area contributed by atoms with E-state index in [1.807, 2.05) is 38.1 Å². The number of benzene rings is 2. The number of nitrogens with one attached hydrogen (secondary N) is 1. The summed E-state index contributed by atoms with van der Waals surface area (Å²) >= 11 is 0. The Morgan fingerprint density at radius 1 is 1.16 bits per heavy atom. The number of aryl methyl sites for hydroxylation is 2. The number of rotatable bonds is 5. The molecule has 0 saturated carbocycles. The average Bonchev–Trinajstić information content (AvgIpc) is 2.75. The molecule has 1 aliphatic heterocycles. The van der Waals surface area contributed by atoms with Gasteiger partial charge in [-0.05, 0) is 62.6 Å². The van der Waals surface area contributed by atoms with E-state index in [0.29, 0.717) is 12.1 Å². The van der Waals surface area contributed by atoms with E-state index in [-0.39, 0.29) is 23.5 Å². The second kappa shape index (κ2) is 9.02. The number of ether oxygens (including phenoxy) is 1. The van der Waals surface area contributed by atoms with Crippen LogP contribution in [0.15, 0.2) is 42.5 Å². The van der Waals surface area contributed by atoms with Crippen molar-refractivity contribution >= 4 is 16.8 Å². The monoisotopic (exact) mass is 421 g/mol. The maximum absolute atomic E-state index is 13.9. The largest absolute Gasteiger partial charge is 0.494 e. The van der Waals surface area contributed by atoms with Gasteiger partial charge in [0.25, 0.3) is 5.91 Å². The molecular formula is C25H28FN3O2. The molecule has 1 saturated heterocycles. The molecule has 0 spiro atoms. The van der Waals surface area contributed by atoms with E-state index in [2.05, 4.69) is 21.3 Å². The van der Waals surface area contributed by atoms with Gasteiger partial charge in [-0.1, -0.05) is 17.7 Å². The molecule has 1 aliphatic rings. The van der Waals surface area contributed by atoms with Crippen molar-refractivity contribution in [2.24, 2.45) is 0 Å². The number of carbonyl (C=O) groups excluding carboxylic acids is 1. The number of methoxy groups -OCH3 is 1. The number of amides is 1. The van der Waals surface area contributed by atoms with Gasteiger partial charge in [0.15, 0.2) is 11.6 Å². The highest BCUT2D eigenvalue weighted by molar-refractivity contribution is 5.98. The van der Waals surface area contributed by atoms with Gasteiger partial charge in [-0.2, -0.15) is 0 Å². The Labute approximate surface area is 182 Å². The fraction of sp³-hybridized carbons (Fsp3) is 0.360. The first kappa shape index (κ1) is 21.2. The van der Waals surface area contributed by atoms with Crippen LogP contribution in [0.3, 0.4) is 0 Å². The predicted octanol–water partition coefficient (Wildman–Crippen LogP) is 4.39. The molecule has 31 heavy (non-hydrogen) atoms. The fourth-order valence-electron chi connectivity index (χ4n) is 4.19. The van der Waals surface area contributed by atoms with Gasteiger partial charge >= 0.3 is 0 Å². The van der Waals surface area contributed by atoms with Crippen molar-refractivity contribution in [3.63, 3.8) is 0 Å². The normalized spacial score (nSPS) is 15.2. The lowest BCUT2D eigenvalue weighted by atomic mass is 10.0. The molecule has 5 nitrogen and oxygen atoms in total. The van der Waals surface area contributed by atoms with Gasteiger partial charge in [0.2, 0.25) is 0 Å². The van der Waals surface area contributed by atoms with Crippen LogP contribution in [0.1, 0.15) is 40.0 Å². The first-order chi connectivity index (χ1) is 14.9. The van der Waals surface area contributed by atoms with Crippen LogP contribution in [0.4, 0.5) is 4.39 Å². The lowest BCUT2D eigenvalue weighted by Crippen LogP contribution is -2.44. The summed E-state index contributed by atoms with van der Waals surface area (Å²) in [5.41, 5.74) is 4.35. The third kappa shape index (κ3) is 4.85. The fourth-order valence-corrected chi connectivity index (χ4v) is 4.19. The third-order valence-electron chi connectivity index (χ3n) is 5.95. The summed E-state index contributed by atoms with van der Waals surface area (Å²) in [5, 5.41) is 4.17. The number of likely N-dealkylation sites (tertiary alicyclic amines) is 1. The number of nitrogens with zero attached hydrogens (tertiary/aromatic N) is 2. The molecule has 1 aromatic heterocycles. The molecule has 0 radical (unpaired) electrons. The Bertz CT molecular complexity index is 1110. The standard InChI is InChI=1S/C25H28FN3O2/c1-16-4-6-23-19(12-16)14-21(17(2)27-23)25(30)28-20-8-10-29(11-9-20)15-18-5-7-24(31-3)22(26)13-18/h4-7,12-14,20H,8-11,15H2,1-3H3,(H,28,30). The summed E-state index contributed by atoms with van der Waals surface area (Å²) in [4.78, 5) is 19.8. The molecule has 0 bridgehead atoms. The summed E-state index contributed by atoms with van der Waals surface area (Å²) in [6, 6.07) is 13.2. The predicted molar refractivity (Wildman–Crippen MR) is 120 cm³/mol. The van der Waals surface area contributed by atoms with Crippen molar-refractivity contribution in [1.29, 1.82) is 0 Å². The molecule has 2 heterocycles. The first-order valence-corrected chi connectivity index (χ1v) is 10.7. The lowest BCUT2D eigenvalue weighted by Gasteiger charge is -2.32. The van der Waals surface area contributed by atoms with Gasteiger partial charge in [-0.15, -0.1) is 0 Å². The molecule has 0 unspecified atom stereocenters. The maximum Gasteiger partial charge on any atom is 0.253 e. The van der Waals surface area contributed by atoms with E-state index < -0.39 is 0 Å². The van der Waals surface area contributed by atoms with Crippen LogP contribution in [-0.2, 0) is 6.54 Å². The smallest absolute Gasteiger partial charge is 0.253 e. The third-order valence-corrected chi connectivity index (χ3v) is 5.95. The minimum Gasteiger partial charge on any atom is -0.494 e. The zero-order valence-electron chi connectivity index (χ0n) is 18.2. The van der Waals surface area contributed by atoms with Gasteiger partial charge in [-0.3, -0.25) is 14.7 Å². The highest BCUT2D eigenvalue weighted by Crippen LogP contribution is 2.21. The van der Waals surface area contributed by atoms with Gasteiger partial charge in [0.1, 0.15) is 0 Å². The zero-order valence-corrected chi connectivity index (χ0v) is 18.2. The quantitative estimate of drug-likeness (QED) is 0.664. The molecule has 0 aliphatic carbocycles. The second-order valence-corrected chi connectivity index (χ2v) is 8.31. The molecule has 4 rings (SSSR count). The lowest BCUT2D eigenvalue weighted by molar-refractivity contribution is 0.0908. The summed E-state index contributed by atoms with van der Waals surface area (Å²) in [6.07, 6.45) is 1.73. The highest BCUT2D eigenvalue weighted by Gasteiger charge is 2.22. The minimum absolute atomic E-state index is 0.0657. The Hall–Kier alpha value is -2.99. The topological polar surface area (TPSA) is 54.5 Å². The minimum atomic E-state index is -0.336. The van der Waals surface area contributed by atoms with Crippen LogP contribution in [-0.4, -0.2) is 42.0 Å². The van der Waals surface area contributed by atoms with Crippen LogP contribution in [0.25, 0.3) is 10.9 Å². The number of pyridine rings is 1. The Kier molecular flexibility index (Phi) is 6.18. The average molecular weight is 422 g/mol. The van der Waals surface area contributed by atoms with E-state index in [1.54, 1.807) is 6.07 Å². The number of piperidine rings is 1. The number of carbonyl (C=O) groups is 1. The van der Waals surface area contributed by atoms with E-state index in [9.17, 15) is 9.18 Å². The Morgan fingerprint density at radius 3 is 2.65 bits per heavy atom. The molecule has 1 fully saturated rings. The summed E-state index contributed by atoms with van der Waals surface area (Å²) < 4.78 is 18.9. The molecule has 1 N–H and O–H groups in total. The van der Waals surface area contributed by atoms with Crippen LogP contribution in [0.2, 0.25) is 0 Å². The molecule has 0 atom stereocenters. The molecule has 1 amide bonds. The summed E-state index contributed by atoms with van der Waals surface area (Å²) in [6.45, 7) is 6.31. The summed E-state index contributed by atoms with van der Waals surface area (Å²) in [5.74, 6) is -0.139. The maximum atomic E-state index is 13.9. The van der Waals surface area contributed by atoms with Crippen LogP contribution < -0.4 is 10.1 Å². The van der Waals surface area contributed by atoms with E-state index in [0.717, 1.165) is 53.7 Å². The van der Waals surface area contributed by atoms with Crippen molar-refractivity contribution in [3.8, 4) is 5.75 Å². The Morgan fingerprint density at radius 2 is 1.94 bits per heavy atom. The number of hydrogen-bond donors (Lipinski definition) is 1. The SMILES string of the molecule is COc1ccc(CN2CCC(NC(=O)c3cc4cc(C)ccc4nc3C)CC2)cc1F. The first-order valence-electron chi connectivity index (χ1n) is 10.7. The zero-order chi connectivity index (χ0) is 22.0. The van der Waals surface area contributed by atoms with Crippen LogP contribution in [0.5, 0.6) is 5.75 Å². The highest BCUT2D eigenvalue weighted by atomic mass is 19.1. The molecular weight excluding hydrogens is 393 g/mol. The number of hydrogen-bond acceptors (Lipinski definition) is 4. The van der Waals surface area contributed by atoms with E-state index in [4.69, 9.17) is 4.74 Å². The number of halogens is 1. The van der Waals surface area contributed by atoms with Crippen molar-refractivity contribution in [1.82, 2.24) is 15.2 Å². The van der Waals surface area contributed by atoms with Crippen LogP contribution in [0, 0.1) is 19.7 Å². The summed E-state index contributed by atoms with van der Waals surface area (Å²) in [7, 11) is 1.47. The molecule has 6 heteroatoms.